The maximum absolute atomic E-state index is 10.8. The van der Waals surface area contributed by atoms with Crippen molar-refractivity contribution in [1.29, 1.82) is 5.26 Å². The number of thiophene rings is 1. The van der Waals surface area contributed by atoms with E-state index in [1.165, 1.54) is 4.88 Å². The first-order valence-corrected chi connectivity index (χ1v) is 11.2. The Bertz CT molecular complexity index is 1030. The Labute approximate surface area is 187 Å². The zero-order valence-electron chi connectivity index (χ0n) is 18.4. The summed E-state index contributed by atoms with van der Waals surface area (Å²) in [6.45, 7) is 8.67. The van der Waals surface area contributed by atoms with Crippen LogP contribution in [0.15, 0.2) is 23.2 Å². The number of aliphatic imine (C=N–C) groups is 1. The molecule has 0 amide bonds. The van der Waals surface area contributed by atoms with Gasteiger partial charge in [0.05, 0.1) is 12.2 Å². The van der Waals surface area contributed by atoms with Crippen LogP contribution in [0.5, 0.6) is 11.5 Å². The minimum Gasteiger partial charge on any atom is -0.490 e. The van der Waals surface area contributed by atoms with Crippen LogP contribution in [0.3, 0.4) is 0 Å². The molecule has 1 N–H and O–H groups in total. The summed E-state index contributed by atoms with van der Waals surface area (Å²) >= 11 is 1.61. The van der Waals surface area contributed by atoms with Crippen molar-refractivity contribution in [2.45, 2.75) is 47.0 Å². The van der Waals surface area contributed by atoms with Gasteiger partial charge in [-0.15, -0.1) is 11.3 Å². The molecule has 1 aliphatic carbocycles. The molecule has 0 fully saturated rings. The zero-order valence-corrected chi connectivity index (χ0v) is 19.2. The van der Waals surface area contributed by atoms with Gasteiger partial charge in [-0.2, -0.15) is 5.26 Å². The smallest absolute Gasteiger partial charge is 0.341 e. The van der Waals surface area contributed by atoms with Crippen molar-refractivity contribution >= 4 is 28.5 Å². The summed E-state index contributed by atoms with van der Waals surface area (Å²) in [5.74, 6) is 0.396. The van der Waals surface area contributed by atoms with Crippen LogP contribution in [0.4, 0.5) is 5.00 Å². The number of hydrogen-bond acceptors (Lipinski definition) is 6. The minimum atomic E-state index is -1.05. The predicted octanol–water partition coefficient (Wildman–Crippen LogP) is 5.38. The van der Waals surface area contributed by atoms with E-state index < -0.39 is 12.6 Å². The van der Waals surface area contributed by atoms with Crippen LogP contribution in [0.25, 0.3) is 0 Å². The lowest BCUT2D eigenvalue weighted by Crippen LogP contribution is -2.26. The van der Waals surface area contributed by atoms with Crippen molar-refractivity contribution in [3.63, 3.8) is 0 Å². The summed E-state index contributed by atoms with van der Waals surface area (Å²) in [6.07, 6.45) is 4.73. The highest BCUT2D eigenvalue weighted by molar-refractivity contribution is 7.16. The molecule has 1 aromatic carbocycles. The number of benzene rings is 1. The van der Waals surface area contributed by atoms with Crippen LogP contribution >= 0.6 is 11.3 Å². The Morgan fingerprint density at radius 2 is 2.13 bits per heavy atom. The number of carboxylic acids is 1. The summed E-state index contributed by atoms with van der Waals surface area (Å²) in [5, 5.41) is 19.3. The van der Waals surface area contributed by atoms with E-state index in [1.54, 1.807) is 35.8 Å². The Kier molecular flexibility index (Phi) is 7.01. The molecule has 0 unspecified atom stereocenters. The topological polar surface area (TPSA) is 91.9 Å². The number of carbonyl (C=O) groups is 1. The summed E-state index contributed by atoms with van der Waals surface area (Å²) < 4.78 is 10.9. The molecule has 3 rings (SSSR count). The standard InChI is InChI=1S/C24H28N2O4S/c1-5-29-20-10-15(6-9-19(20)30-14-22(27)28)13-26-23-18(12-25)17-8-7-16(24(2,3)4)11-21(17)31-23/h6,9-10,13,16H,5,7-8,11,14H2,1-4H3,(H,27,28)/t16-/m0/s1. The second-order valence-corrected chi connectivity index (χ2v) is 9.76. The zero-order chi connectivity index (χ0) is 22.6. The van der Waals surface area contributed by atoms with Crippen LogP contribution in [-0.4, -0.2) is 30.5 Å². The monoisotopic (exact) mass is 440 g/mol. The molecule has 31 heavy (non-hydrogen) atoms. The van der Waals surface area contributed by atoms with E-state index in [0.717, 1.165) is 35.4 Å². The molecule has 0 saturated carbocycles. The summed E-state index contributed by atoms with van der Waals surface area (Å²) in [6, 6.07) is 7.59. The van der Waals surface area contributed by atoms with Crippen LogP contribution in [0.2, 0.25) is 0 Å². The van der Waals surface area contributed by atoms with Gasteiger partial charge in [-0.05, 0) is 66.8 Å². The minimum absolute atomic E-state index is 0.248. The number of ether oxygens (including phenoxy) is 2. The van der Waals surface area contributed by atoms with Gasteiger partial charge in [0.25, 0.3) is 0 Å². The molecule has 1 atom stereocenters. The van der Waals surface area contributed by atoms with Gasteiger partial charge in [-0.25, -0.2) is 9.79 Å². The van der Waals surface area contributed by atoms with E-state index >= 15 is 0 Å². The molecule has 2 aromatic rings. The van der Waals surface area contributed by atoms with E-state index in [0.29, 0.717) is 29.6 Å². The average Bonchev–Trinajstić information content (AvgIpc) is 3.07. The van der Waals surface area contributed by atoms with E-state index in [2.05, 4.69) is 31.8 Å². The molecule has 1 heterocycles. The average molecular weight is 441 g/mol. The van der Waals surface area contributed by atoms with Gasteiger partial charge in [-0.1, -0.05) is 20.8 Å². The number of aliphatic carboxylic acids is 1. The van der Waals surface area contributed by atoms with E-state index in [9.17, 15) is 10.1 Å². The van der Waals surface area contributed by atoms with Gasteiger partial charge in [0.1, 0.15) is 11.1 Å². The molecule has 0 saturated heterocycles. The van der Waals surface area contributed by atoms with E-state index in [-0.39, 0.29) is 5.41 Å². The second kappa shape index (κ2) is 9.52. The first-order valence-electron chi connectivity index (χ1n) is 10.4. The largest absolute Gasteiger partial charge is 0.490 e. The Morgan fingerprint density at radius 1 is 1.35 bits per heavy atom. The maximum atomic E-state index is 10.8. The molecular weight excluding hydrogens is 412 g/mol. The molecule has 1 aromatic heterocycles. The highest BCUT2D eigenvalue weighted by Gasteiger charge is 2.32. The molecule has 164 valence electrons. The van der Waals surface area contributed by atoms with Gasteiger partial charge < -0.3 is 14.6 Å². The first kappa shape index (κ1) is 22.8. The number of nitrogens with zero attached hydrogens (tertiary/aromatic N) is 2. The lowest BCUT2D eigenvalue weighted by Gasteiger charge is -2.33. The third kappa shape index (κ3) is 5.45. The fraction of sp³-hybridized carbons (Fsp3) is 0.458. The van der Waals surface area contributed by atoms with Gasteiger partial charge in [0.2, 0.25) is 0 Å². The van der Waals surface area contributed by atoms with E-state index in [1.807, 2.05) is 6.92 Å². The number of fused-ring (bicyclic) bond motifs is 1. The van der Waals surface area contributed by atoms with E-state index in [4.69, 9.17) is 14.6 Å². The second-order valence-electron chi connectivity index (χ2n) is 8.68. The predicted molar refractivity (Wildman–Crippen MR) is 122 cm³/mol. The third-order valence-electron chi connectivity index (χ3n) is 5.53. The Balaban J connectivity index is 1.85. The fourth-order valence-electron chi connectivity index (χ4n) is 3.78. The summed E-state index contributed by atoms with van der Waals surface area (Å²) in [4.78, 5) is 16.7. The van der Waals surface area contributed by atoms with Crippen molar-refractivity contribution in [1.82, 2.24) is 0 Å². The number of rotatable bonds is 7. The quantitative estimate of drug-likeness (QED) is 0.583. The molecule has 0 bridgehead atoms. The Morgan fingerprint density at radius 3 is 2.77 bits per heavy atom. The Hall–Kier alpha value is -2.85. The number of nitriles is 1. The van der Waals surface area contributed by atoms with Gasteiger partial charge in [0, 0.05) is 11.1 Å². The normalized spacial score (nSPS) is 16.0. The fourth-order valence-corrected chi connectivity index (χ4v) is 5.00. The molecule has 0 aliphatic heterocycles. The molecule has 1 aliphatic rings. The highest BCUT2D eigenvalue weighted by Crippen LogP contribution is 2.44. The molecule has 7 heteroatoms. The molecular formula is C24H28N2O4S. The molecule has 0 radical (unpaired) electrons. The highest BCUT2D eigenvalue weighted by atomic mass is 32.1. The van der Waals surface area contributed by atoms with Crippen molar-refractivity contribution in [2.24, 2.45) is 16.3 Å². The van der Waals surface area contributed by atoms with Crippen molar-refractivity contribution in [3.8, 4) is 17.6 Å². The number of carboxylic acid groups (broad SMARTS) is 1. The maximum Gasteiger partial charge on any atom is 0.341 e. The van der Waals surface area contributed by atoms with Gasteiger partial charge in [0.15, 0.2) is 18.1 Å². The molecule has 6 nitrogen and oxygen atoms in total. The SMILES string of the molecule is CCOc1cc(C=Nc2sc3c(c2C#N)CC[C@H](C(C)(C)C)C3)ccc1OCC(=O)O. The van der Waals surface area contributed by atoms with Crippen molar-refractivity contribution in [2.75, 3.05) is 13.2 Å². The van der Waals surface area contributed by atoms with Crippen molar-refractivity contribution in [3.05, 3.63) is 39.8 Å². The van der Waals surface area contributed by atoms with Crippen LogP contribution in [0.1, 0.15) is 55.7 Å². The summed E-state index contributed by atoms with van der Waals surface area (Å²) in [7, 11) is 0. The van der Waals surface area contributed by atoms with Gasteiger partial charge >= 0.3 is 5.97 Å². The van der Waals surface area contributed by atoms with Crippen molar-refractivity contribution < 1.29 is 19.4 Å². The lowest BCUT2D eigenvalue weighted by atomic mass is 9.72. The number of hydrogen-bond donors (Lipinski definition) is 1. The van der Waals surface area contributed by atoms with Crippen LogP contribution in [-0.2, 0) is 17.6 Å². The van der Waals surface area contributed by atoms with Gasteiger partial charge in [-0.3, -0.25) is 0 Å². The molecule has 0 spiro atoms. The lowest BCUT2D eigenvalue weighted by molar-refractivity contribution is -0.139. The van der Waals surface area contributed by atoms with Crippen LogP contribution in [0, 0.1) is 22.7 Å². The van der Waals surface area contributed by atoms with Crippen LogP contribution < -0.4 is 9.47 Å². The first-order chi connectivity index (χ1) is 14.7. The third-order valence-corrected chi connectivity index (χ3v) is 6.70. The summed E-state index contributed by atoms with van der Waals surface area (Å²) in [5.41, 5.74) is 2.88.